The van der Waals surface area contributed by atoms with Gasteiger partial charge in [0, 0.05) is 18.5 Å². The highest BCUT2D eigenvalue weighted by molar-refractivity contribution is 7.16. The van der Waals surface area contributed by atoms with Gasteiger partial charge in [-0.2, -0.15) is 0 Å². The summed E-state index contributed by atoms with van der Waals surface area (Å²) in [4.78, 5) is 29.7. The Morgan fingerprint density at radius 1 is 1.09 bits per heavy atom. The summed E-state index contributed by atoms with van der Waals surface area (Å²) >= 11 is 1.55. The predicted molar refractivity (Wildman–Crippen MR) is 123 cm³/mol. The number of carbonyl (C=O) groups is 2. The zero-order chi connectivity index (χ0) is 22.3. The first kappa shape index (κ1) is 20.5. The van der Waals surface area contributed by atoms with Crippen molar-refractivity contribution in [2.45, 2.75) is 32.1 Å². The van der Waals surface area contributed by atoms with Gasteiger partial charge in [0.25, 0.3) is 5.91 Å². The number of amides is 2. The van der Waals surface area contributed by atoms with Crippen LogP contribution in [0.5, 0.6) is 0 Å². The van der Waals surface area contributed by atoms with Gasteiger partial charge in [-0.3, -0.25) is 9.59 Å². The molecule has 4 aromatic rings. The quantitative estimate of drug-likeness (QED) is 0.487. The van der Waals surface area contributed by atoms with E-state index in [1.54, 1.807) is 35.3 Å². The normalized spacial score (nSPS) is 18.1. The topological polar surface area (TPSA) is 54.3 Å². The average Bonchev–Trinajstić information content (AvgIpc) is 3.38. The van der Waals surface area contributed by atoms with E-state index in [1.807, 2.05) is 52.4 Å². The van der Waals surface area contributed by atoms with Crippen molar-refractivity contribution in [1.29, 1.82) is 0 Å². The molecule has 7 heteroatoms. The summed E-state index contributed by atoms with van der Waals surface area (Å²) in [6.07, 6.45) is 0. The molecule has 32 heavy (non-hydrogen) atoms. The number of hydrogen-bond donors (Lipinski definition) is 1. The number of aromatic nitrogens is 1. The average molecular weight is 448 g/mol. The van der Waals surface area contributed by atoms with E-state index in [0.29, 0.717) is 24.3 Å². The van der Waals surface area contributed by atoms with Gasteiger partial charge in [-0.15, -0.1) is 11.3 Å². The summed E-state index contributed by atoms with van der Waals surface area (Å²) in [6.45, 7) is 2.62. The highest BCUT2D eigenvalue weighted by atomic mass is 32.1. The van der Waals surface area contributed by atoms with Crippen molar-refractivity contribution in [2.24, 2.45) is 0 Å². The largest absolute Gasteiger partial charge is 0.350 e. The fraction of sp³-hybridized carbons (Fsp3) is 0.200. The molecule has 5 rings (SSSR count). The molecule has 1 aliphatic rings. The third kappa shape index (κ3) is 3.48. The molecular weight excluding hydrogens is 425 g/mol. The molecule has 1 N–H and O–H groups in total. The second-order valence-electron chi connectivity index (χ2n) is 8.26. The van der Waals surface area contributed by atoms with E-state index in [1.165, 1.54) is 12.1 Å². The van der Waals surface area contributed by atoms with E-state index < -0.39 is 5.54 Å². The van der Waals surface area contributed by atoms with Crippen LogP contribution in [0.2, 0.25) is 0 Å². The smallest absolute Gasteiger partial charge is 0.271 e. The Bertz CT molecular complexity index is 1310. The first-order valence-electron chi connectivity index (χ1n) is 10.4. The number of carbonyl (C=O) groups excluding carboxylic acids is 2. The second-order valence-corrected chi connectivity index (χ2v) is 9.15. The third-order valence-corrected chi connectivity index (χ3v) is 6.99. The predicted octanol–water partition coefficient (Wildman–Crippen LogP) is 4.57. The number of fused-ring (bicyclic) bond motifs is 3. The molecule has 1 atom stereocenters. The van der Waals surface area contributed by atoms with Crippen LogP contribution in [0.25, 0.3) is 10.2 Å². The molecule has 0 bridgehead atoms. The Morgan fingerprint density at radius 3 is 2.66 bits per heavy atom. The van der Waals surface area contributed by atoms with Crippen molar-refractivity contribution in [3.05, 3.63) is 94.7 Å². The van der Waals surface area contributed by atoms with Crippen LogP contribution < -0.4 is 5.32 Å². The number of hydrogen-bond acceptors (Lipinski definition) is 3. The fourth-order valence-corrected chi connectivity index (χ4v) is 5.19. The molecule has 5 nitrogen and oxygen atoms in total. The molecule has 0 saturated carbocycles. The highest BCUT2D eigenvalue weighted by Crippen LogP contribution is 2.35. The summed E-state index contributed by atoms with van der Waals surface area (Å²) in [5, 5.41) is 5.97. The van der Waals surface area contributed by atoms with Crippen molar-refractivity contribution >= 4 is 33.4 Å². The monoisotopic (exact) mass is 447 g/mol. The molecule has 0 spiro atoms. The number of halogens is 1. The number of thiophene rings is 1. The van der Waals surface area contributed by atoms with Crippen molar-refractivity contribution in [1.82, 2.24) is 14.8 Å². The van der Waals surface area contributed by atoms with Crippen LogP contribution in [-0.2, 0) is 24.4 Å². The minimum absolute atomic E-state index is 0.144. The van der Waals surface area contributed by atoms with Gasteiger partial charge in [-0.25, -0.2) is 4.39 Å². The van der Waals surface area contributed by atoms with Crippen molar-refractivity contribution in [2.75, 3.05) is 0 Å². The molecule has 2 aromatic carbocycles. The number of nitrogens with one attached hydrogen (secondary N) is 1. The number of nitrogens with zero attached hydrogens (tertiary/aromatic N) is 2. The van der Waals surface area contributed by atoms with Crippen molar-refractivity contribution < 1.29 is 14.0 Å². The van der Waals surface area contributed by atoms with Crippen molar-refractivity contribution in [3.63, 3.8) is 0 Å². The zero-order valence-electron chi connectivity index (χ0n) is 17.5. The summed E-state index contributed by atoms with van der Waals surface area (Å²) in [7, 11) is 0. The number of benzene rings is 2. The third-order valence-electron chi connectivity index (χ3n) is 6.04. The molecule has 0 radical (unpaired) electrons. The Labute approximate surface area is 189 Å². The maximum Gasteiger partial charge on any atom is 0.271 e. The molecule has 2 amide bonds. The summed E-state index contributed by atoms with van der Waals surface area (Å²) in [6, 6.07) is 19.6. The lowest BCUT2D eigenvalue weighted by atomic mass is 9.93. The minimum atomic E-state index is -1.14. The lowest BCUT2D eigenvalue weighted by molar-refractivity contribution is -0.133. The molecule has 0 unspecified atom stereocenters. The highest BCUT2D eigenvalue weighted by Gasteiger charge is 2.47. The van der Waals surface area contributed by atoms with Gasteiger partial charge in [0.05, 0.1) is 6.54 Å². The minimum Gasteiger partial charge on any atom is -0.350 e. The van der Waals surface area contributed by atoms with Gasteiger partial charge in [0.1, 0.15) is 21.9 Å². The molecule has 2 aromatic heterocycles. The van der Waals surface area contributed by atoms with Crippen molar-refractivity contribution in [3.8, 4) is 0 Å². The van der Waals surface area contributed by atoms with Crippen LogP contribution >= 0.6 is 11.3 Å². The lowest BCUT2D eigenvalue weighted by Crippen LogP contribution is -2.63. The van der Waals surface area contributed by atoms with E-state index in [-0.39, 0.29) is 24.2 Å². The molecule has 0 aliphatic carbocycles. The second kappa shape index (κ2) is 7.91. The van der Waals surface area contributed by atoms with E-state index in [9.17, 15) is 14.0 Å². The Balaban J connectivity index is 1.52. The first-order valence-corrected chi connectivity index (χ1v) is 11.3. The maximum atomic E-state index is 13.8. The maximum absolute atomic E-state index is 13.8. The Kier molecular flexibility index (Phi) is 5.06. The Hall–Kier alpha value is -3.45. The van der Waals surface area contributed by atoms with Crippen LogP contribution in [0.1, 0.15) is 28.5 Å². The van der Waals surface area contributed by atoms with E-state index in [2.05, 4.69) is 5.32 Å². The molecule has 0 fully saturated rings. The van der Waals surface area contributed by atoms with Gasteiger partial charge in [-0.05, 0) is 47.7 Å². The van der Waals surface area contributed by atoms with E-state index in [4.69, 9.17) is 0 Å². The van der Waals surface area contributed by atoms with Gasteiger partial charge in [0.2, 0.25) is 5.91 Å². The summed E-state index contributed by atoms with van der Waals surface area (Å²) < 4.78 is 15.8. The molecule has 0 saturated heterocycles. The molecular formula is C25H22FN3O2S. The van der Waals surface area contributed by atoms with Crippen LogP contribution in [0.15, 0.2) is 72.1 Å². The molecule has 1 aliphatic heterocycles. The first-order chi connectivity index (χ1) is 15.5. The lowest BCUT2D eigenvalue weighted by Gasteiger charge is -2.44. The van der Waals surface area contributed by atoms with Gasteiger partial charge >= 0.3 is 0 Å². The number of rotatable bonds is 5. The van der Waals surface area contributed by atoms with Crippen LogP contribution in [0.3, 0.4) is 0 Å². The fourth-order valence-electron chi connectivity index (χ4n) is 4.29. The summed E-state index contributed by atoms with van der Waals surface area (Å²) in [5.74, 6) is -0.845. The Morgan fingerprint density at radius 2 is 1.88 bits per heavy atom. The van der Waals surface area contributed by atoms with Gasteiger partial charge in [-0.1, -0.05) is 42.5 Å². The van der Waals surface area contributed by atoms with E-state index >= 15 is 0 Å². The van der Waals surface area contributed by atoms with Crippen LogP contribution in [0.4, 0.5) is 4.39 Å². The van der Waals surface area contributed by atoms with Crippen LogP contribution in [-0.4, -0.2) is 26.8 Å². The zero-order valence-corrected chi connectivity index (χ0v) is 18.4. The molecule has 162 valence electrons. The van der Waals surface area contributed by atoms with Gasteiger partial charge in [0.15, 0.2) is 0 Å². The standard InChI is InChI=1S/C25H22FN3O2S/c1-25(24(31)27-14-17-6-3-2-4-7-17)16-28-21(13-19-10-11-32-23(19)28)22(30)29(25)15-18-8-5-9-20(26)12-18/h2-13H,14-16H2,1H3,(H,27,31)/t25-/m1/s1. The van der Waals surface area contributed by atoms with Gasteiger partial charge < -0.3 is 14.8 Å². The molecule has 3 heterocycles. The SMILES string of the molecule is C[C@]1(C(=O)NCc2ccccc2)Cn2c(cc3ccsc32)C(=O)N1Cc1cccc(F)c1. The van der Waals surface area contributed by atoms with E-state index in [0.717, 1.165) is 15.8 Å². The summed E-state index contributed by atoms with van der Waals surface area (Å²) in [5.41, 5.74) is 1.03. The van der Waals surface area contributed by atoms with Crippen LogP contribution in [0, 0.1) is 5.82 Å².